The van der Waals surface area contributed by atoms with E-state index >= 15 is 0 Å². The van der Waals surface area contributed by atoms with Gasteiger partial charge in [-0.15, -0.1) is 0 Å². The summed E-state index contributed by atoms with van der Waals surface area (Å²) < 4.78 is 5.39. The molecule has 4 nitrogen and oxygen atoms in total. The molecule has 5 atom stereocenters. The number of rotatable bonds is 3. The van der Waals surface area contributed by atoms with Crippen LogP contribution in [0.5, 0.6) is 5.75 Å². The highest BCUT2D eigenvalue weighted by Crippen LogP contribution is 2.62. The average Bonchev–Trinajstić information content (AvgIpc) is 3.34. The van der Waals surface area contributed by atoms with Gasteiger partial charge in [0.2, 0.25) is 11.8 Å². The van der Waals surface area contributed by atoms with Crippen LogP contribution in [0, 0.1) is 23.7 Å². The first kappa shape index (κ1) is 15.6. The Hall–Kier alpha value is -2.62. The normalized spacial score (nSPS) is 32.2. The Balaban J connectivity index is 1.51. The first-order valence-electron chi connectivity index (χ1n) is 9.26. The van der Waals surface area contributed by atoms with Gasteiger partial charge < -0.3 is 4.74 Å². The van der Waals surface area contributed by atoms with E-state index in [1.165, 1.54) is 10.5 Å². The van der Waals surface area contributed by atoms with E-state index in [0.29, 0.717) is 23.3 Å². The fourth-order valence-corrected chi connectivity index (χ4v) is 5.59. The number of fused-ring (bicyclic) bond motifs is 5. The zero-order valence-electron chi connectivity index (χ0n) is 14.7. The number of hydrogen-bond donors (Lipinski definition) is 0. The number of carbonyl (C=O) groups excluding carboxylic acids is 2. The fraction of sp³-hybridized carbons (Fsp3) is 0.364. The molecule has 3 fully saturated rings. The smallest absolute Gasteiger partial charge is 0.238 e. The van der Waals surface area contributed by atoms with Crippen LogP contribution in [0.3, 0.4) is 0 Å². The molecule has 0 aromatic heterocycles. The Kier molecular flexibility index (Phi) is 3.42. The molecular weight excluding hydrogens is 326 g/mol. The summed E-state index contributed by atoms with van der Waals surface area (Å²) in [6.45, 7) is 0. The molecule has 2 saturated carbocycles. The second kappa shape index (κ2) is 5.70. The van der Waals surface area contributed by atoms with Crippen molar-refractivity contribution in [2.75, 3.05) is 12.0 Å². The van der Waals surface area contributed by atoms with E-state index in [4.69, 9.17) is 4.74 Å². The molecule has 4 heteroatoms. The van der Waals surface area contributed by atoms with Gasteiger partial charge in [0, 0.05) is 0 Å². The van der Waals surface area contributed by atoms with E-state index in [1.807, 2.05) is 18.2 Å². The minimum atomic E-state index is -0.184. The van der Waals surface area contributed by atoms with E-state index in [2.05, 4.69) is 24.3 Å². The summed E-state index contributed by atoms with van der Waals surface area (Å²) in [7, 11) is 1.57. The summed E-state index contributed by atoms with van der Waals surface area (Å²) in [4.78, 5) is 27.8. The van der Waals surface area contributed by atoms with E-state index in [-0.39, 0.29) is 29.6 Å². The first-order chi connectivity index (χ1) is 12.7. The third kappa shape index (κ3) is 2.02. The van der Waals surface area contributed by atoms with Crippen molar-refractivity contribution in [3.05, 3.63) is 60.2 Å². The number of para-hydroxylation sites is 2. The lowest BCUT2D eigenvalue weighted by Gasteiger charge is -2.28. The SMILES string of the molecule is COc1ccccc1N1C(=O)[C@H]2[C@@H]3C[C@@H]([C@@H]2C1=O)[C@@H](c1ccccc1)C3. The molecule has 2 aromatic rings. The van der Waals surface area contributed by atoms with Gasteiger partial charge in [-0.2, -0.15) is 0 Å². The molecule has 0 spiro atoms. The molecule has 5 rings (SSSR count). The van der Waals surface area contributed by atoms with Crippen molar-refractivity contribution in [2.45, 2.75) is 18.8 Å². The number of hydrogen-bond acceptors (Lipinski definition) is 3. The Morgan fingerprint density at radius 1 is 0.885 bits per heavy atom. The quantitative estimate of drug-likeness (QED) is 0.797. The van der Waals surface area contributed by atoms with Crippen LogP contribution in [0.15, 0.2) is 54.6 Å². The third-order valence-corrected chi connectivity index (χ3v) is 6.57. The molecule has 132 valence electrons. The maximum absolute atomic E-state index is 13.3. The number of benzene rings is 2. The topological polar surface area (TPSA) is 46.6 Å². The highest BCUT2D eigenvalue weighted by Gasteiger charge is 2.64. The van der Waals surface area contributed by atoms with Crippen molar-refractivity contribution >= 4 is 17.5 Å². The predicted molar refractivity (Wildman–Crippen MR) is 97.9 cm³/mol. The van der Waals surface area contributed by atoms with Gasteiger partial charge >= 0.3 is 0 Å². The summed E-state index contributed by atoms with van der Waals surface area (Å²) in [5.41, 5.74) is 1.88. The second-order valence-electron chi connectivity index (χ2n) is 7.65. The molecule has 2 amide bonds. The largest absolute Gasteiger partial charge is 0.495 e. The van der Waals surface area contributed by atoms with E-state index in [9.17, 15) is 9.59 Å². The number of methoxy groups -OCH3 is 1. The van der Waals surface area contributed by atoms with Gasteiger partial charge in [-0.1, -0.05) is 42.5 Å². The number of nitrogens with zero attached hydrogens (tertiary/aromatic N) is 1. The molecule has 0 N–H and O–H groups in total. The number of ether oxygens (including phenoxy) is 1. The molecule has 26 heavy (non-hydrogen) atoms. The van der Waals surface area contributed by atoms with Crippen molar-refractivity contribution in [3.63, 3.8) is 0 Å². The highest BCUT2D eigenvalue weighted by atomic mass is 16.5. The lowest BCUT2D eigenvalue weighted by molar-refractivity contribution is -0.123. The van der Waals surface area contributed by atoms with Gasteiger partial charge in [0.1, 0.15) is 5.75 Å². The molecule has 1 heterocycles. The number of amides is 2. The molecule has 1 saturated heterocycles. The van der Waals surface area contributed by atoms with Crippen LogP contribution in [-0.2, 0) is 9.59 Å². The zero-order valence-corrected chi connectivity index (χ0v) is 14.7. The summed E-state index contributed by atoms with van der Waals surface area (Å²) >= 11 is 0. The van der Waals surface area contributed by atoms with Crippen LogP contribution in [0.25, 0.3) is 0 Å². The van der Waals surface area contributed by atoms with Crippen molar-refractivity contribution in [3.8, 4) is 5.75 Å². The minimum Gasteiger partial charge on any atom is -0.495 e. The molecular formula is C22H21NO3. The van der Waals surface area contributed by atoms with Gasteiger partial charge in [-0.3, -0.25) is 9.59 Å². The van der Waals surface area contributed by atoms with Crippen molar-refractivity contribution < 1.29 is 14.3 Å². The molecule has 2 aromatic carbocycles. The van der Waals surface area contributed by atoms with Crippen molar-refractivity contribution in [1.82, 2.24) is 0 Å². The van der Waals surface area contributed by atoms with Gasteiger partial charge in [0.25, 0.3) is 0 Å². The van der Waals surface area contributed by atoms with Crippen LogP contribution >= 0.6 is 0 Å². The van der Waals surface area contributed by atoms with Gasteiger partial charge in [-0.25, -0.2) is 4.90 Å². The van der Waals surface area contributed by atoms with Crippen LogP contribution < -0.4 is 9.64 Å². The Bertz CT molecular complexity index is 878. The Labute approximate surface area is 152 Å². The Morgan fingerprint density at radius 2 is 1.58 bits per heavy atom. The van der Waals surface area contributed by atoms with Crippen molar-refractivity contribution in [2.24, 2.45) is 23.7 Å². The predicted octanol–water partition coefficient (Wildman–Crippen LogP) is 3.62. The van der Waals surface area contributed by atoms with Crippen LogP contribution in [0.4, 0.5) is 5.69 Å². The number of anilines is 1. The lowest BCUT2D eigenvalue weighted by Crippen LogP contribution is -2.33. The minimum absolute atomic E-state index is 0.0384. The van der Waals surface area contributed by atoms with Crippen LogP contribution in [0.2, 0.25) is 0 Å². The van der Waals surface area contributed by atoms with Crippen LogP contribution in [-0.4, -0.2) is 18.9 Å². The van der Waals surface area contributed by atoms with Crippen molar-refractivity contribution in [1.29, 1.82) is 0 Å². The molecule has 1 aliphatic heterocycles. The zero-order chi connectivity index (χ0) is 17.8. The highest BCUT2D eigenvalue weighted by molar-refractivity contribution is 6.23. The summed E-state index contributed by atoms with van der Waals surface area (Å²) in [6.07, 6.45) is 2.00. The summed E-state index contributed by atoms with van der Waals surface area (Å²) in [5.74, 6) is 1.11. The fourth-order valence-electron chi connectivity index (χ4n) is 5.59. The maximum Gasteiger partial charge on any atom is 0.238 e. The first-order valence-corrected chi connectivity index (χ1v) is 9.26. The number of carbonyl (C=O) groups is 2. The molecule has 0 radical (unpaired) electrons. The lowest BCUT2D eigenvalue weighted by atomic mass is 9.73. The third-order valence-electron chi connectivity index (χ3n) is 6.57. The number of imide groups is 1. The van der Waals surface area contributed by atoms with E-state index in [1.54, 1.807) is 19.2 Å². The van der Waals surface area contributed by atoms with E-state index in [0.717, 1.165) is 12.8 Å². The summed E-state index contributed by atoms with van der Waals surface area (Å²) in [6, 6.07) is 17.7. The molecule has 0 unspecified atom stereocenters. The standard InChI is InChI=1S/C22H21NO3/c1-26-18-10-6-5-9-17(18)23-21(24)19-14-11-15(13-7-3-2-4-8-13)16(12-14)20(19)22(23)25/h2-10,14-16,19-20H,11-12H2,1H3/t14-,15+,16+,19-,20-/m0/s1. The molecule has 2 aliphatic carbocycles. The summed E-state index contributed by atoms with van der Waals surface area (Å²) in [5, 5.41) is 0. The van der Waals surface area contributed by atoms with Gasteiger partial charge in [0.05, 0.1) is 24.6 Å². The van der Waals surface area contributed by atoms with E-state index < -0.39 is 0 Å². The average molecular weight is 347 g/mol. The van der Waals surface area contributed by atoms with Gasteiger partial charge in [-0.05, 0) is 48.3 Å². The monoisotopic (exact) mass is 347 g/mol. The Morgan fingerprint density at radius 3 is 2.35 bits per heavy atom. The van der Waals surface area contributed by atoms with Crippen LogP contribution in [0.1, 0.15) is 24.3 Å². The van der Waals surface area contributed by atoms with Gasteiger partial charge in [0.15, 0.2) is 0 Å². The molecule has 2 bridgehead atoms. The maximum atomic E-state index is 13.3. The second-order valence-corrected chi connectivity index (χ2v) is 7.65. The molecule has 3 aliphatic rings.